The molecular weight excluding hydrogens is 268 g/mol. The Morgan fingerprint density at radius 3 is 2.57 bits per heavy atom. The number of nitrogen functional groups attached to an aromatic ring is 1. The Hall–Kier alpha value is -1.63. The van der Waals surface area contributed by atoms with Gasteiger partial charge in [0, 0.05) is 19.6 Å². The van der Waals surface area contributed by atoms with Gasteiger partial charge in [-0.25, -0.2) is 0 Å². The van der Waals surface area contributed by atoms with Gasteiger partial charge in [-0.2, -0.15) is 15.0 Å². The van der Waals surface area contributed by atoms with Crippen molar-refractivity contribution in [3.05, 3.63) is 0 Å². The van der Waals surface area contributed by atoms with Crippen LogP contribution >= 0.6 is 0 Å². The van der Waals surface area contributed by atoms with Crippen molar-refractivity contribution in [3.8, 4) is 0 Å². The standard InChI is InChI=1S/C14H26N6O/c1-3-20(4-2)14-18-12(15)17-13(19-14)16-9-10-21-11-7-5-6-8-11/h11H,3-10H2,1-2H3,(H3,15,16,17,18,19). The first kappa shape index (κ1) is 15.8. The van der Waals surface area contributed by atoms with Crippen molar-refractivity contribution in [2.75, 3.05) is 42.2 Å². The normalized spacial score (nSPS) is 15.3. The summed E-state index contributed by atoms with van der Waals surface area (Å²) in [6, 6.07) is 0. The van der Waals surface area contributed by atoms with Gasteiger partial charge in [-0.3, -0.25) is 0 Å². The van der Waals surface area contributed by atoms with E-state index in [-0.39, 0.29) is 5.95 Å². The van der Waals surface area contributed by atoms with Crippen LogP contribution in [0.1, 0.15) is 39.5 Å². The van der Waals surface area contributed by atoms with Crippen LogP contribution in [-0.2, 0) is 4.74 Å². The third-order valence-electron chi connectivity index (χ3n) is 3.73. The molecule has 0 aromatic carbocycles. The molecule has 1 aliphatic carbocycles. The summed E-state index contributed by atoms with van der Waals surface area (Å²) in [6.07, 6.45) is 5.38. The first-order chi connectivity index (χ1) is 10.2. The highest BCUT2D eigenvalue weighted by atomic mass is 16.5. The highest BCUT2D eigenvalue weighted by molar-refractivity contribution is 5.41. The summed E-state index contributed by atoms with van der Waals surface area (Å²) in [4.78, 5) is 14.7. The molecule has 0 atom stereocenters. The van der Waals surface area contributed by atoms with Crippen LogP contribution in [0.2, 0.25) is 0 Å². The molecule has 0 radical (unpaired) electrons. The van der Waals surface area contributed by atoms with Crippen molar-refractivity contribution in [2.24, 2.45) is 0 Å². The van der Waals surface area contributed by atoms with Gasteiger partial charge in [-0.15, -0.1) is 0 Å². The van der Waals surface area contributed by atoms with Crippen LogP contribution in [0.15, 0.2) is 0 Å². The average molecular weight is 294 g/mol. The van der Waals surface area contributed by atoms with Crippen molar-refractivity contribution in [1.82, 2.24) is 15.0 Å². The second kappa shape index (κ2) is 7.97. The zero-order valence-corrected chi connectivity index (χ0v) is 13.0. The molecule has 1 aliphatic rings. The minimum atomic E-state index is 0.242. The smallest absolute Gasteiger partial charge is 0.231 e. The molecule has 1 fully saturated rings. The number of aromatic nitrogens is 3. The molecule has 2 rings (SSSR count). The Balaban J connectivity index is 1.84. The molecule has 7 nitrogen and oxygen atoms in total. The third kappa shape index (κ3) is 4.70. The summed E-state index contributed by atoms with van der Waals surface area (Å²) >= 11 is 0. The topological polar surface area (TPSA) is 89.2 Å². The monoisotopic (exact) mass is 294 g/mol. The maximum absolute atomic E-state index is 5.80. The van der Waals surface area contributed by atoms with E-state index in [0.29, 0.717) is 31.2 Å². The summed E-state index contributed by atoms with van der Waals surface area (Å²) in [6.45, 7) is 7.14. The predicted octanol–water partition coefficient (Wildman–Crippen LogP) is 1.67. The fourth-order valence-electron chi connectivity index (χ4n) is 2.55. The van der Waals surface area contributed by atoms with Crippen molar-refractivity contribution >= 4 is 17.8 Å². The lowest BCUT2D eigenvalue weighted by molar-refractivity contribution is 0.0658. The second-order valence-electron chi connectivity index (χ2n) is 5.19. The quantitative estimate of drug-likeness (QED) is 0.705. The largest absolute Gasteiger partial charge is 0.376 e. The van der Waals surface area contributed by atoms with Crippen LogP contribution in [0.5, 0.6) is 0 Å². The fourth-order valence-corrected chi connectivity index (χ4v) is 2.55. The van der Waals surface area contributed by atoms with E-state index in [1.165, 1.54) is 25.7 Å². The number of rotatable bonds is 8. The summed E-state index contributed by atoms with van der Waals surface area (Å²) in [7, 11) is 0. The van der Waals surface area contributed by atoms with Crippen LogP contribution < -0.4 is 16.0 Å². The zero-order chi connectivity index (χ0) is 15.1. The molecule has 0 unspecified atom stereocenters. The fraction of sp³-hybridized carbons (Fsp3) is 0.786. The van der Waals surface area contributed by atoms with Gasteiger partial charge in [-0.05, 0) is 26.7 Å². The van der Waals surface area contributed by atoms with Crippen LogP contribution in [0, 0.1) is 0 Å². The van der Waals surface area contributed by atoms with E-state index in [4.69, 9.17) is 10.5 Å². The number of nitrogens with one attached hydrogen (secondary N) is 1. The minimum Gasteiger partial charge on any atom is -0.376 e. The number of hydrogen-bond donors (Lipinski definition) is 2. The molecule has 0 amide bonds. The van der Waals surface area contributed by atoms with Crippen molar-refractivity contribution < 1.29 is 4.74 Å². The molecule has 7 heteroatoms. The lowest BCUT2D eigenvalue weighted by Gasteiger charge is -2.19. The molecule has 0 aliphatic heterocycles. The molecule has 1 aromatic rings. The SMILES string of the molecule is CCN(CC)c1nc(N)nc(NCCOC2CCCC2)n1. The first-order valence-electron chi connectivity index (χ1n) is 7.85. The molecule has 1 saturated carbocycles. The summed E-state index contributed by atoms with van der Waals surface area (Å²) in [5.74, 6) is 1.37. The number of nitrogens with two attached hydrogens (primary N) is 1. The second-order valence-corrected chi connectivity index (χ2v) is 5.19. The number of nitrogens with zero attached hydrogens (tertiary/aromatic N) is 4. The molecule has 0 spiro atoms. The molecule has 3 N–H and O–H groups in total. The zero-order valence-electron chi connectivity index (χ0n) is 13.0. The summed E-state index contributed by atoms with van der Waals surface area (Å²) in [5.41, 5.74) is 5.75. The Morgan fingerprint density at radius 1 is 1.19 bits per heavy atom. The Labute approximate surface area is 126 Å². The number of hydrogen-bond acceptors (Lipinski definition) is 7. The van der Waals surface area contributed by atoms with E-state index in [1.54, 1.807) is 0 Å². The molecule has 21 heavy (non-hydrogen) atoms. The Bertz CT molecular complexity index is 431. The lowest BCUT2D eigenvalue weighted by atomic mass is 10.3. The molecular formula is C14H26N6O. The Morgan fingerprint density at radius 2 is 1.90 bits per heavy atom. The van der Waals surface area contributed by atoms with Gasteiger partial charge < -0.3 is 20.7 Å². The Kier molecular flexibility index (Phi) is 5.98. The average Bonchev–Trinajstić information content (AvgIpc) is 2.98. The molecule has 1 heterocycles. The molecule has 0 bridgehead atoms. The highest BCUT2D eigenvalue weighted by Gasteiger charge is 2.15. The van der Waals surface area contributed by atoms with E-state index in [9.17, 15) is 0 Å². The molecule has 1 aromatic heterocycles. The maximum Gasteiger partial charge on any atom is 0.231 e. The number of anilines is 3. The van der Waals surface area contributed by atoms with Gasteiger partial charge in [0.25, 0.3) is 0 Å². The van der Waals surface area contributed by atoms with Crippen molar-refractivity contribution in [1.29, 1.82) is 0 Å². The maximum atomic E-state index is 5.80. The van der Waals surface area contributed by atoms with E-state index >= 15 is 0 Å². The van der Waals surface area contributed by atoms with E-state index < -0.39 is 0 Å². The van der Waals surface area contributed by atoms with E-state index in [1.807, 2.05) is 4.90 Å². The lowest BCUT2D eigenvalue weighted by Crippen LogP contribution is -2.25. The van der Waals surface area contributed by atoms with E-state index in [0.717, 1.165) is 13.1 Å². The van der Waals surface area contributed by atoms with Gasteiger partial charge in [0.1, 0.15) is 0 Å². The van der Waals surface area contributed by atoms with Crippen LogP contribution in [0.4, 0.5) is 17.8 Å². The minimum absolute atomic E-state index is 0.242. The van der Waals surface area contributed by atoms with Crippen LogP contribution in [0.25, 0.3) is 0 Å². The number of ether oxygens (including phenoxy) is 1. The van der Waals surface area contributed by atoms with Gasteiger partial charge in [0.2, 0.25) is 17.8 Å². The summed E-state index contributed by atoms with van der Waals surface area (Å²) in [5, 5.41) is 3.16. The molecule has 0 saturated heterocycles. The van der Waals surface area contributed by atoms with Gasteiger partial charge in [-0.1, -0.05) is 12.8 Å². The van der Waals surface area contributed by atoms with Crippen molar-refractivity contribution in [3.63, 3.8) is 0 Å². The van der Waals surface area contributed by atoms with Crippen LogP contribution in [-0.4, -0.2) is 47.3 Å². The third-order valence-corrected chi connectivity index (χ3v) is 3.73. The first-order valence-corrected chi connectivity index (χ1v) is 7.85. The predicted molar refractivity (Wildman–Crippen MR) is 84.5 cm³/mol. The highest BCUT2D eigenvalue weighted by Crippen LogP contribution is 2.20. The van der Waals surface area contributed by atoms with Gasteiger partial charge in [0.15, 0.2) is 0 Å². The van der Waals surface area contributed by atoms with Gasteiger partial charge in [0.05, 0.1) is 12.7 Å². The molecule has 118 valence electrons. The van der Waals surface area contributed by atoms with E-state index in [2.05, 4.69) is 34.1 Å². The van der Waals surface area contributed by atoms with Crippen LogP contribution in [0.3, 0.4) is 0 Å². The summed E-state index contributed by atoms with van der Waals surface area (Å²) < 4.78 is 5.80. The van der Waals surface area contributed by atoms with Gasteiger partial charge >= 0.3 is 0 Å². The van der Waals surface area contributed by atoms with Crippen molar-refractivity contribution in [2.45, 2.75) is 45.6 Å².